The minimum Gasteiger partial charge on any atom is -0.337 e. The molecular formula is C19H19Cl3N2O3S. The number of hydrogen-bond donors (Lipinski definition) is 0. The lowest BCUT2D eigenvalue weighted by atomic mass is 10.1. The number of carbonyl (C=O) groups is 1. The standard InChI is InChI=1S/C19H19Cl3N2O3S/c1-23(12-13-4-5-14(20)10-18(13)22)19(25)16-11-15(6-7-17(16)21)28(26,27)24-8-2-3-9-24/h4-7,10-11H,2-3,8-9,12H2,1H3. The second-order valence-corrected chi connectivity index (χ2v) is 9.84. The number of benzene rings is 2. The average Bonchev–Trinajstić information content (AvgIpc) is 3.19. The van der Waals surface area contributed by atoms with Gasteiger partial charge in [0.05, 0.1) is 15.5 Å². The zero-order valence-corrected chi connectivity index (χ0v) is 18.2. The van der Waals surface area contributed by atoms with Gasteiger partial charge in [-0.25, -0.2) is 8.42 Å². The van der Waals surface area contributed by atoms with Crippen molar-refractivity contribution in [2.24, 2.45) is 0 Å². The predicted molar refractivity (Wildman–Crippen MR) is 112 cm³/mol. The largest absolute Gasteiger partial charge is 0.337 e. The van der Waals surface area contributed by atoms with Crippen molar-refractivity contribution in [1.82, 2.24) is 9.21 Å². The average molecular weight is 462 g/mol. The monoisotopic (exact) mass is 460 g/mol. The van der Waals surface area contributed by atoms with Gasteiger partial charge in [-0.3, -0.25) is 4.79 Å². The van der Waals surface area contributed by atoms with Crippen molar-refractivity contribution in [3.63, 3.8) is 0 Å². The van der Waals surface area contributed by atoms with Gasteiger partial charge in [-0.2, -0.15) is 4.31 Å². The number of rotatable bonds is 5. The molecule has 0 aromatic heterocycles. The maximum absolute atomic E-state index is 12.9. The Morgan fingerprint density at radius 1 is 1.04 bits per heavy atom. The molecule has 1 fully saturated rings. The Balaban J connectivity index is 1.86. The van der Waals surface area contributed by atoms with Crippen LogP contribution in [-0.2, 0) is 16.6 Å². The summed E-state index contributed by atoms with van der Waals surface area (Å²) in [6.07, 6.45) is 1.67. The van der Waals surface area contributed by atoms with Crippen LogP contribution in [0.4, 0.5) is 0 Å². The van der Waals surface area contributed by atoms with Gasteiger partial charge in [0.2, 0.25) is 10.0 Å². The second-order valence-electron chi connectivity index (χ2n) is 6.65. The van der Waals surface area contributed by atoms with E-state index in [2.05, 4.69) is 0 Å². The molecule has 0 saturated carbocycles. The van der Waals surface area contributed by atoms with E-state index in [1.807, 2.05) is 0 Å². The molecule has 28 heavy (non-hydrogen) atoms. The SMILES string of the molecule is CN(Cc1ccc(Cl)cc1Cl)C(=O)c1cc(S(=O)(=O)N2CCCC2)ccc1Cl. The summed E-state index contributed by atoms with van der Waals surface area (Å²) < 4.78 is 27.0. The second kappa shape index (κ2) is 8.59. The maximum atomic E-state index is 12.9. The summed E-state index contributed by atoms with van der Waals surface area (Å²) in [7, 11) is -2.04. The van der Waals surface area contributed by atoms with Crippen LogP contribution < -0.4 is 0 Å². The first kappa shape index (κ1) is 21.4. The summed E-state index contributed by atoms with van der Waals surface area (Å²) in [4.78, 5) is 14.4. The zero-order valence-electron chi connectivity index (χ0n) is 15.2. The highest BCUT2D eigenvalue weighted by Crippen LogP contribution is 2.27. The number of hydrogen-bond acceptors (Lipinski definition) is 3. The molecule has 0 N–H and O–H groups in total. The Morgan fingerprint density at radius 3 is 2.36 bits per heavy atom. The van der Waals surface area contributed by atoms with Crippen molar-refractivity contribution in [2.75, 3.05) is 20.1 Å². The maximum Gasteiger partial charge on any atom is 0.255 e. The summed E-state index contributed by atoms with van der Waals surface area (Å²) >= 11 is 18.3. The Bertz CT molecular complexity index is 1010. The Morgan fingerprint density at radius 2 is 1.71 bits per heavy atom. The molecule has 1 amide bonds. The molecule has 0 atom stereocenters. The minimum atomic E-state index is -3.64. The van der Waals surface area contributed by atoms with Crippen molar-refractivity contribution in [3.8, 4) is 0 Å². The highest BCUT2D eigenvalue weighted by Gasteiger charge is 2.28. The van der Waals surface area contributed by atoms with Crippen molar-refractivity contribution in [3.05, 3.63) is 62.6 Å². The lowest BCUT2D eigenvalue weighted by Gasteiger charge is -2.20. The van der Waals surface area contributed by atoms with Gasteiger partial charge in [-0.05, 0) is 48.7 Å². The normalized spacial score (nSPS) is 15.0. The van der Waals surface area contributed by atoms with Crippen LogP contribution in [0.2, 0.25) is 15.1 Å². The third-order valence-corrected chi connectivity index (χ3v) is 7.45. The molecule has 0 bridgehead atoms. The van der Waals surface area contributed by atoms with E-state index in [0.717, 1.165) is 18.4 Å². The number of nitrogens with zero attached hydrogens (tertiary/aromatic N) is 2. The highest BCUT2D eigenvalue weighted by molar-refractivity contribution is 7.89. The van der Waals surface area contributed by atoms with Crippen molar-refractivity contribution in [1.29, 1.82) is 0 Å². The molecule has 1 saturated heterocycles. The molecule has 0 radical (unpaired) electrons. The molecule has 0 unspecified atom stereocenters. The summed E-state index contributed by atoms with van der Waals surface area (Å²) in [6.45, 7) is 1.21. The van der Waals surface area contributed by atoms with Gasteiger partial charge in [0.25, 0.3) is 5.91 Å². The van der Waals surface area contributed by atoms with E-state index in [1.165, 1.54) is 27.4 Å². The quantitative estimate of drug-likeness (QED) is 0.648. The molecule has 1 aliphatic rings. The van der Waals surface area contributed by atoms with E-state index in [1.54, 1.807) is 25.2 Å². The Kier molecular flexibility index (Phi) is 6.57. The van der Waals surface area contributed by atoms with Gasteiger partial charge in [0.15, 0.2) is 0 Å². The van der Waals surface area contributed by atoms with Gasteiger partial charge in [0.1, 0.15) is 0 Å². The summed E-state index contributed by atoms with van der Waals surface area (Å²) in [6, 6.07) is 9.26. The fraction of sp³-hybridized carbons (Fsp3) is 0.316. The van der Waals surface area contributed by atoms with Gasteiger partial charge in [0, 0.05) is 36.7 Å². The van der Waals surface area contributed by atoms with Crippen molar-refractivity contribution in [2.45, 2.75) is 24.3 Å². The molecule has 3 rings (SSSR count). The molecule has 1 aliphatic heterocycles. The summed E-state index contributed by atoms with van der Waals surface area (Å²) in [5.41, 5.74) is 0.855. The van der Waals surface area contributed by atoms with Crippen LogP contribution >= 0.6 is 34.8 Å². The van der Waals surface area contributed by atoms with Gasteiger partial charge >= 0.3 is 0 Å². The molecular weight excluding hydrogens is 443 g/mol. The van der Waals surface area contributed by atoms with Crippen LogP contribution in [0, 0.1) is 0 Å². The lowest BCUT2D eigenvalue weighted by Crippen LogP contribution is -2.29. The van der Waals surface area contributed by atoms with E-state index in [-0.39, 0.29) is 22.0 Å². The minimum absolute atomic E-state index is 0.0695. The highest BCUT2D eigenvalue weighted by atomic mass is 35.5. The van der Waals surface area contributed by atoms with E-state index in [0.29, 0.717) is 23.1 Å². The van der Waals surface area contributed by atoms with Crippen LogP contribution in [0.15, 0.2) is 41.3 Å². The molecule has 2 aromatic rings. The number of sulfonamides is 1. The fourth-order valence-electron chi connectivity index (χ4n) is 3.09. The topological polar surface area (TPSA) is 57.7 Å². The van der Waals surface area contributed by atoms with Crippen LogP contribution in [-0.4, -0.2) is 43.7 Å². The molecule has 150 valence electrons. The first-order valence-electron chi connectivity index (χ1n) is 8.69. The van der Waals surface area contributed by atoms with Gasteiger partial charge in [-0.15, -0.1) is 0 Å². The van der Waals surface area contributed by atoms with E-state index in [9.17, 15) is 13.2 Å². The van der Waals surface area contributed by atoms with Gasteiger partial charge in [-0.1, -0.05) is 40.9 Å². The van der Waals surface area contributed by atoms with E-state index >= 15 is 0 Å². The third-order valence-electron chi connectivity index (χ3n) is 4.64. The molecule has 5 nitrogen and oxygen atoms in total. The predicted octanol–water partition coefficient (Wildman–Crippen LogP) is 4.70. The number of halogens is 3. The lowest BCUT2D eigenvalue weighted by molar-refractivity contribution is 0.0785. The van der Waals surface area contributed by atoms with Crippen LogP contribution in [0.3, 0.4) is 0 Å². The number of carbonyl (C=O) groups excluding carboxylic acids is 1. The molecule has 2 aromatic carbocycles. The Hall–Kier alpha value is -1.31. The fourth-order valence-corrected chi connectivity index (χ4v) is 5.30. The smallest absolute Gasteiger partial charge is 0.255 e. The van der Waals surface area contributed by atoms with Gasteiger partial charge < -0.3 is 4.90 Å². The van der Waals surface area contributed by atoms with Crippen LogP contribution in [0.25, 0.3) is 0 Å². The Labute approximate surface area is 179 Å². The van der Waals surface area contributed by atoms with Crippen LogP contribution in [0.1, 0.15) is 28.8 Å². The zero-order chi connectivity index (χ0) is 20.5. The molecule has 0 spiro atoms. The molecule has 9 heteroatoms. The van der Waals surface area contributed by atoms with Crippen molar-refractivity contribution < 1.29 is 13.2 Å². The molecule has 1 heterocycles. The number of amides is 1. The first-order chi connectivity index (χ1) is 13.2. The molecule has 0 aliphatic carbocycles. The van der Waals surface area contributed by atoms with Crippen molar-refractivity contribution >= 4 is 50.7 Å². The summed E-state index contributed by atoms with van der Waals surface area (Å²) in [5.74, 6) is -0.394. The van der Waals surface area contributed by atoms with E-state index < -0.39 is 15.9 Å². The third kappa shape index (κ3) is 4.47. The van der Waals surface area contributed by atoms with E-state index in [4.69, 9.17) is 34.8 Å². The van der Waals surface area contributed by atoms with Crippen LogP contribution in [0.5, 0.6) is 0 Å². The first-order valence-corrected chi connectivity index (χ1v) is 11.3. The summed E-state index contributed by atoms with van der Waals surface area (Å²) in [5, 5.41) is 1.15.